The van der Waals surface area contributed by atoms with Crippen LogP contribution in [0.5, 0.6) is 0 Å². The molecule has 0 atom stereocenters. The standard InChI is InChI=1S/2C25H18.C19H14.C19H16.C13H12.C7H8/c1-17-7-6-8-18(15-17)19-13-14-24-22-11-3-2-9-20(22)21-10-4-5-12-23(21)25(24)16-19;1-17-10-12-18(13-11-17)19-14-15-24-22-8-3-2-6-20(22)21-7-4-5-9-23(21)25(24)16-19;1-13-10-11-18-16-8-3-2-6-14(16)15-7-4-5-9-17(15)19(18)12-13;1-15-7-9-17(10-8-15)19-13-11-18(12-14-19)16-5-3-2-4-6-16;1-11-7-9-13(10-8-11)12-5-3-2-4-6-12;1-7-5-3-2-4-6-7/h2*2-16H,1H3;2-12H,1H3;2-14H,1H3;2-10H,1H3;2-6H,1H3. The molecule has 0 saturated heterocycles. The summed E-state index contributed by atoms with van der Waals surface area (Å²) in [6.07, 6.45) is 0. The Morgan fingerprint density at radius 1 is 0.0926 bits per heavy atom. The van der Waals surface area contributed by atoms with E-state index in [1.54, 1.807) is 0 Å². The fourth-order valence-corrected chi connectivity index (χ4v) is 14.9. The zero-order valence-corrected chi connectivity index (χ0v) is 62.3. The normalized spacial score (nSPS) is 10.9. The number of fused-ring (bicyclic) bond motifs is 18. The van der Waals surface area contributed by atoms with Crippen LogP contribution in [0.1, 0.15) is 33.4 Å². The van der Waals surface area contributed by atoms with Crippen LogP contribution in [0.15, 0.2) is 413 Å². The van der Waals surface area contributed by atoms with E-state index in [1.807, 2.05) is 30.3 Å². The molecule has 0 aliphatic rings. The molecule has 0 unspecified atom stereocenters. The Kier molecular flexibility index (Phi) is 21.4. The number of benzene rings is 20. The van der Waals surface area contributed by atoms with Crippen molar-refractivity contribution in [2.75, 3.05) is 0 Å². The first-order valence-corrected chi connectivity index (χ1v) is 37.5. The van der Waals surface area contributed by atoms with Gasteiger partial charge in [0, 0.05) is 0 Å². The molecule has 0 saturated carbocycles. The van der Waals surface area contributed by atoms with Gasteiger partial charge in [-0.15, -0.1) is 0 Å². The predicted molar refractivity (Wildman–Crippen MR) is 472 cm³/mol. The lowest BCUT2D eigenvalue weighted by atomic mass is 9.92. The Labute approximate surface area is 635 Å². The molecule has 0 nitrogen and oxygen atoms in total. The SMILES string of the molecule is Cc1ccc(-c2ccc(-c3ccccc3)cc2)cc1.Cc1ccc(-c2ccc3c4ccccc4c4ccccc4c3c2)cc1.Cc1ccc(-c2ccccc2)cc1.Cc1ccc2c3ccccc3c3ccccc3c2c1.Cc1cccc(-c2ccc3c4ccccc4c4ccccc4c3c2)c1.Cc1ccccc1. The van der Waals surface area contributed by atoms with E-state index >= 15 is 0 Å². The maximum absolute atomic E-state index is 2.35. The molecular weight excluding hydrogens is 1300 g/mol. The lowest BCUT2D eigenvalue weighted by Crippen LogP contribution is -1.85. The second-order valence-electron chi connectivity index (χ2n) is 28.3. The van der Waals surface area contributed by atoms with Crippen molar-refractivity contribution >= 4 is 97.0 Å². The molecule has 0 spiro atoms. The molecule has 0 aliphatic heterocycles. The number of rotatable bonds is 5. The number of hydrogen-bond acceptors (Lipinski definition) is 0. The van der Waals surface area contributed by atoms with Crippen molar-refractivity contribution in [2.45, 2.75) is 41.5 Å². The van der Waals surface area contributed by atoms with E-state index in [-0.39, 0.29) is 0 Å². The summed E-state index contributed by atoms with van der Waals surface area (Å²) >= 11 is 0. The van der Waals surface area contributed by atoms with Gasteiger partial charge >= 0.3 is 0 Å². The molecule has 0 radical (unpaired) electrons. The van der Waals surface area contributed by atoms with Crippen molar-refractivity contribution in [3.05, 3.63) is 446 Å². The Bertz CT molecular complexity index is 6370. The highest BCUT2D eigenvalue weighted by Crippen LogP contribution is 2.40. The minimum Gasteiger partial charge on any atom is -0.0622 e. The van der Waals surface area contributed by atoms with Crippen LogP contribution in [0.4, 0.5) is 0 Å². The van der Waals surface area contributed by atoms with Crippen LogP contribution >= 0.6 is 0 Å². The molecule has 0 heteroatoms. The van der Waals surface area contributed by atoms with Crippen molar-refractivity contribution in [3.8, 4) is 55.6 Å². The first kappa shape index (κ1) is 70.4. The van der Waals surface area contributed by atoms with Gasteiger partial charge in [-0.1, -0.05) is 434 Å². The third-order valence-corrected chi connectivity index (χ3v) is 20.6. The zero-order chi connectivity index (χ0) is 73.7. The predicted octanol–water partition coefficient (Wildman–Crippen LogP) is 30.7. The average Bonchev–Trinajstić information content (AvgIpc) is 0.757. The smallest absolute Gasteiger partial charge is 0.00928 e. The minimum atomic E-state index is 1.26. The molecular formula is C108H86. The fourth-order valence-electron chi connectivity index (χ4n) is 14.9. The van der Waals surface area contributed by atoms with E-state index in [1.165, 1.54) is 186 Å². The fraction of sp³-hybridized carbons (Fsp3) is 0.0556. The maximum atomic E-state index is 2.35. The summed E-state index contributed by atoms with van der Waals surface area (Å²) in [7, 11) is 0. The Balaban J connectivity index is 0.000000107. The molecule has 0 N–H and O–H groups in total. The number of hydrogen-bond donors (Lipinski definition) is 0. The van der Waals surface area contributed by atoms with Crippen molar-refractivity contribution in [1.82, 2.24) is 0 Å². The summed E-state index contributed by atoms with van der Waals surface area (Å²) in [6.45, 7) is 12.7. The van der Waals surface area contributed by atoms with Crippen molar-refractivity contribution in [2.24, 2.45) is 0 Å². The van der Waals surface area contributed by atoms with Gasteiger partial charge in [-0.2, -0.15) is 0 Å². The van der Waals surface area contributed by atoms with E-state index in [0.717, 1.165) is 0 Å². The van der Waals surface area contributed by atoms with Gasteiger partial charge in [0.15, 0.2) is 0 Å². The van der Waals surface area contributed by atoms with Gasteiger partial charge in [0.25, 0.3) is 0 Å². The van der Waals surface area contributed by atoms with Gasteiger partial charge in [0.05, 0.1) is 0 Å². The Morgan fingerprint density at radius 2 is 0.259 bits per heavy atom. The molecule has 0 bridgehead atoms. The summed E-state index contributed by atoms with van der Waals surface area (Å²) in [5.74, 6) is 0. The van der Waals surface area contributed by atoms with Crippen molar-refractivity contribution < 1.29 is 0 Å². The van der Waals surface area contributed by atoms with Gasteiger partial charge in [-0.3, -0.25) is 0 Å². The van der Waals surface area contributed by atoms with Gasteiger partial charge in [-0.05, 0) is 206 Å². The highest BCUT2D eigenvalue weighted by molar-refractivity contribution is 6.28. The topological polar surface area (TPSA) is 0 Å². The van der Waals surface area contributed by atoms with Crippen molar-refractivity contribution in [1.29, 1.82) is 0 Å². The highest BCUT2D eigenvalue weighted by atomic mass is 14.2. The van der Waals surface area contributed by atoms with Crippen LogP contribution in [-0.4, -0.2) is 0 Å². The second-order valence-corrected chi connectivity index (χ2v) is 28.3. The summed E-state index contributed by atoms with van der Waals surface area (Å²) in [6, 6.07) is 147. The highest BCUT2D eigenvalue weighted by Gasteiger charge is 2.13. The van der Waals surface area contributed by atoms with E-state index in [2.05, 4.69) is 424 Å². The first-order chi connectivity index (χ1) is 53.0. The molecule has 0 aliphatic carbocycles. The molecule has 518 valence electrons. The summed E-state index contributed by atoms with van der Waals surface area (Å²) in [5, 5.41) is 24.0. The van der Waals surface area contributed by atoms with Crippen LogP contribution in [0.25, 0.3) is 153 Å². The van der Waals surface area contributed by atoms with Gasteiger partial charge < -0.3 is 0 Å². The Hall–Kier alpha value is -13.3. The molecule has 0 fully saturated rings. The van der Waals surface area contributed by atoms with Gasteiger partial charge in [-0.25, -0.2) is 0 Å². The largest absolute Gasteiger partial charge is 0.0622 e. The third kappa shape index (κ3) is 15.9. The molecule has 20 aromatic carbocycles. The second kappa shape index (κ2) is 32.8. The van der Waals surface area contributed by atoms with Gasteiger partial charge in [0.1, 0.15) is 0 Å². The van der Waals surface area contributed by atoms with Gasteiger partial charge in [0.2, 0.25) is 0 Å². The van der Waals surface area contributed by atoms with E-state index in [9.17, 15) is 0 Å². The molecule has 0 amide bonds. The van der Waals surface area contributed by atoms with Crippen LogP contribution in [0.2, 0.25) is 0 Å². The lowest BCUT2D eigenvalue weighted by molar-refractivity contribution is 1.47. The zero-order valence-electron chi connectivity index (χ0n) is 62.3. The lowest BCUT2D eigenvalue weighted by Gasteiger charge is -2.12. The molecule has 0 heterocycles. The van der Waals surface area contributed by atoms with Crippen LogP contribution < -0.4 is 0 Å². The summed E-state index contributed by atoms with van der Waals surface area (Å²) < 4.78 is 0. The van der Waals surface area contributed by atoms with Crippen LogP contribution in [0.3, 0.4) is 0 Å². The van der Waals surface area contributed by atoms with E-state index in [4.69, 9.17) is 0 Å². The maximum Gasteiger partial charge on any atom is -0.00928 e. The molecule has 108 heavy (non-hydrogen) atoms. The first-order valence-electron chi connectivity index (χ1n) is 37.5. The van der Waals surface area contributed by atoms with E-state index < -0.39 is 0 Å². The van der Waals surface area contributed by atoms with Crippen molar-refractivity contribution in [3.63, 3.8) is 0 Å². The van der Waals surface area contributed by atoms with Crippen LogP contribution in [-0.2, 0) is 0 Å². The molecule has 0 aromatic heterocycles. The number of aryl methyl sites for hydroxylation is 6. The summed E-state index contributed by atoms with van der Waals surface area (Å²) in [4.78, 5) is 0. The molecule has 20 rings (SSSR count). The van der Waals surface area contributed by atoms with Crippen LogP contribution in [0, 0.1) is 41.5 Å². The Morgan fingerprint density at radius 3 is 0.556 bits per heavy atom. The average molecular weight is 1380 g/mol. The third-order valence-electron chi connectivity index (χ3n) is 20.6. The molecule has 20 aromatic rings. The minimum absolute atomic E-state index is 1.26. The van der Waals surface area contributed by atoms with E-state index in [0.29, 0.717) is 0 Å². The monoisotopic (exact) mass is 1380 g/mol. The summed E-state index contributed by atoms with van der Waals surface area (Å²) in [5.41, 5.74) is 20.5. The quantitative estimate of drug-likeness (QED) is 0.151.